The van der Waals surface area contributed by atoms with Crippen LogP contribution in [0.2, 0.25) is 0 Å². The maximum atomic E-state index is 6.42. The first-order chi connectivity index (χ1) is 17.3. The minimum atomic E-state index is 0. The van der Waals surface area contributed by atoms with Crippen LogP contribution in [-0.2, 0) is 0 Å². The maximum absolute atomic E-state index is 6.42. The molecule has 0 radical (unpaired) electrons. The highest BCUT2D eigenvalue weighted by molar-refractivity contribution is 8.16. The quantitative estimate of drug-likeness (QED) is 0.247. The largest absolute Gasteiger partial charge is 0.412 e. The summed E-state index contributed by atoms with van der Waals surface area (Å²) in [5.41, 5.74) is 0.419. The Morgan fingerprint density at radius 3 is 2.05 bits per heavy atom. The van der Waals surface area contributed by atoms with Gasteiger partial charge in [0.15, 0.2) is 0 Å². The van der Waals surface area contributed by atoms with E-state index in [4.69, 9.17) is 11.6 Å². The second kappa shape index (κ2) is 24.8. The van der Waals surface area contributed by atoms with E-state index in [2.05, 4.69) is 54.4 Å². The van der Waals surface area contributed by atoms with Crippen molar-refractivity contribution in [1.82, 2.24) is 14.9 Å². The summed E-state index contributed by atoms with van der Waals surface area (Å²) in [5, 5.41) is 4.52. The first-order valence-electron chi connectivity index (χ1n) is 15.4. The number of nitrogens with one attached hydrogen (secondary N) is 2. The highest BCUT2D eigenvalue weighted by Crippen LogP contribution is 2.45. The Morgan fingerprint density at radius 1 is 0.860 bits per heavy atom. The number of alkyl halides is 1. The molecule has 0 amide bonds. The van der Waals surface area contributed by atoms with E-state index in [1.165, 1.54) is 109 Å². The van der Waals surface area contributed by atoms with Gasteiger partial charge in [0, 0.05) is 31.1 Å². The standard InChI is InChI=1S/C30H56ClN3S2.CH4.6H2O/c1-22(2)28(20-34-15-14-27(30(3,4)21-34)25-10-12-26(31)13-11-25)32-18-23-7-5-8-24(17-23)19-33-36-29-9-6-16-35-29;;;;;;;/h22-29,32-33H,5-21H2,1-4H3;1H4;6*1H2/t23?,24?,25?,26?,27-,28+,29?;;;;;;;/m1......./s1. The maximum Gasteiger partial charge on any atom is 0.0647 e. The topological polar surface area (TPSA) is 216 Å². The van der Waals surface area contributed by atoms with E-state index >= 15 is 0 Å². The van der Waals surface area contributed by atoms with Crippen molar-refractivity contribution in [1.29, 1.82) is 0 Å². The molecular weight excluding hydrogens is 610 g/mol. The molecule has 5 atom stereocenters. The number of halogens is 1. The third-order valence-electron chi connectivity index (χ3n) is 9.96. The number of rotatable bonds is 11. The molecule has 2 aliphatic heterocycles. The van der Waals surface area contributed by atoms with Crippen LogP contribution in [0.25, 0.3) is 0 Å². The molecule has 4 rings (SSSR count). The van der Waals surface area contributed by atoms with Crippen LogP contribution in [0.1, 0.15) is 106 Å². The minimum absolute atomic E-state index is 0. The average molecular weight is 683 g/mol. The average Bonchev–Trinajstić information content (AvgIpc) is 3.36. The van der Waals surface area contributed by atoms with E-state index in [0.717, 1.165) is 28.3 Å². The van der Waals surface area contributed by atoms with Crippen molar-refractivity contribution >= 4 is 35.3 Å². The predicted molar refractivity (Wildman–Crippen MR) is 191 cm³/mol. The second-order valence-electron chi connectivity index (χ2n) is 13.7. The molecule has 43 heavy (non-hydrogen) atoms. The van der Waals surface area contributed by atoms with Gasteiger partial charge < -0.3 is 43.1 Å². The van der Waals surface area contributed by atoms with Gasteiger partial charge in [0.05, 0.1) is 4.58 Å². The zero-order chi connectivity index (χ0) is 25.5. The zero-order valence-corrected chi connectivity index (χ0v) is 29.2. The number of nitrogens with zero attached hydrogens (tertiary/aromatic N) is 1. The molecule has 0 aromatic rings. The van der Waals surface area contributed by atoms with Crippen LogP contribution in [0.15, 0.2) is 0 Å². The molecule has 0 aromatic carbocycles. The molecule has 4 aliphatic rings. The summed E-state index contributed by atoms with van der Waals surface area (Å²) in [5.74, 6) is 5.55. The van der Waals surface area contributed by atoms with Crippen molar-refractivity contribution < 1.29 is 32.9 Å². The van der Waals surface area contributed by atoms with Crippen molar-refractivity contribution in [3.8, 4) is 0 Å². The number of hydrogen-bond acceptors (Lipinski definition) is 5. The van der Waals surface area contributed by atoms with E-state index in [-0.39, 0.29) is 40.3 Å². The lowest BCUT2D eigenvalue weighted by Crippen LogP contribution is -2.53. The van der Waals surface area contributed by atoms with E-state index in [1.807, 2.05) is 11.9 Å². The third kappa shape index (κ3) is 15.9. The van der Waals surface area contributed by atoms with Gasteiger partial charge in [-0.05, 0) is 118 Å². The fraction of sp³-hybridized carbons (Fsp3) is 1.00. The fourth-order valence-corrected chi connectivity index (χ4v) is 10.5. The lowest BCUT2D eigenvalue weighted by Gasteiger charge is -2.49. The van der Waals surface area contributed by atoms with Crippen molar-refractivity contribution in [3.05, 3.63) is 0 Å². The summed E-state index contributed by atoms with van der Waals surface area (Å²) in [7, 11) is 0. The number of likely N-dealkylation sites (tertiary alicyclic amines) is 1. The smallest absolute Gasteiger partial charge is 0.0647 e. The van der Waals surface area contributed by atoms with Gasteiger partial charge in [-0.1, -0.05) is 53.5 Å². The molecule has 0 spiro atoms. The Morgan fingerprint density at radius 2 is 1.49 bits per heavy atom. The van der Waals surface area contributed by atoms with Crippen molar-refractivity contribution in [2.75, 3.05) is 38.5 Å². The molecule has 2 saturated carbocycles. The number of thioether (sulfide) groups is 1. The van der Waals surface area contributed by atoms with Crippen LogP contribution in [0.5, 0.6) is 0 Å². The molecule has 0 bridgehead atoms. The van der Waals surface area contributed by atoms with Gasteiger partial charge in [-0.25, -0.2) is 0 Å². The van der Waals surface area contributed by atoms with E-state index < -0.39 is 0 Å². The molecule has 12 heteroatoms. The van der Waals surface area contributed by atoms with E-state index in [1.54, 1.807) is 0 Å². The van der Waals surface area contributed by atoms with Crippen molar-refractivity contribution in [2.45, 2.75) is 122 Å². The van der Waals surface area contributed by atoms with Crippen LogP contribution in [0.4, 0.5) is 0 Å². The summed E-state index contributed by atoms with van der Waals surface area (Å²) >= 11 is 10.6. The Balaban J connectivity index is -0.00000109. The summed E-state index contributed by atoms with van der Waals surface area (Å²) in [6.45, 7) is 16.1. The molecule has 2 aliphatic carbocycles. The molecule has 2 heterocycles. The van der Waals surface area contributed by atoms with Gasteiger partial charge in [-0.15, -0.1) is 23.4 Å². The van der Waals surface area contributed by atoms with E-state index in [0.29, 0.717) is 22.8 Å². The molecule has 4 fully saturated rings. The highest BCUT2D eigenvalue weighted by Gasteiger charge is 2.41. The highest BCUT2D eigenvalue weighted by atomic mass is 35.5. The number of piperidine rings is 1. The number of hydrogen-bond donors (Lipinski definition) is 2. The Bertz CT molecular complexity index is 659. The summed E-state index contributed by atoms with van der Waals surface area (Å²) in [6, 6.07) is 0.609. The first-order valence-corrected chi connectivity index (χ1v) is 17.8. The van der Waals surface area contributed by atoms with Crippen LogP contribution in [-0.4, -0.2) is 92.2 Å². The molecule has 3 unspecified atom stereocenters. The molecule has 0 aromatic heterocycles. The van der Waals surface area contributed by atoms with Crippen LogP contribution in [0, 0.1) is 35.0 Å². The third-order valence-corrected chi connectivity index (χ3v) is 13.1. The molecule has 266 valence electrons. The van der Waals surface area contributed by atoms with Gasteiger partial charge >= 0.3 is 0 Å². The van der Waals surface area contributed by atoms with Crippen molar-refractivity contribution in [2.24, 2.45) is 35.0 Å². The molecule has 14 N–H and O–H groups in total. The Hall–Kier alpha value is 0.630. The SMILES string of the molecule is C.CC(C)[C@H](CN1CC[C@H](C2CCC(Cl)CC2)C(C)(C)C1)NCC1CCCC(CNSC2CCCS2)C1.O.O.O.O.O.O. The molecule has 2 saturated heterocycles. The minimum Gasteiger partial charge on any atom is -0.412 e. The lowest BCUT2D eigenvalue weighted by molar-refractivity contribution is 0.00453. The lowest BCUT2D eigenvalue weighted by atomic mass is 9.64. The van der Waals surface area contributed by atoms with Crippen LogP contribution < -0.4 is 10.0 Å². The normalized spacial score (nSPS) is 30.8. The molecular formula is C31H72ClN3O6S2. The first kappa shape index (κ1) is 50.5. The summed E-state index contributed by atoms with van der Waals surface area (Å²) in [6.07, 6.45) is 15.0. The predicted octanol–water partition coefficient (Wildman–Crippen LogP) is 3.33. The Kier molecular flexibility index (Phi) is 29.1. The molecule has 9 nitrogen and oxygen atoms in total. The van der Waals surface area contributed by atoms with Crippen LogP contribution in [0.3, 0.4) is 0 Å². The second-order valence-corrected chi connectivity index (χ2v) is 17.0. The monoisotopic (exact) mass is 681 g/mol. The summed E-state index contributed by atoms with van der Waals surface area (Å²) < 4.78 is 4.55. The van der Waals surface area contributed by atoms with Gasteiger partial charge in [0.25, 0.3) is 0 Å². The Labute approximate surface area is 277 Å². The summed E-state index contributed by atoms with van der Waals surface area (Å²) in [4.78, 5) is 2.80. The van der Waals surface area contributed by atoms with Gasteiger partial charge in [0.1, 0.15) is 0 Å². The zero-order valence-electron chi connectivity index (χ0n) is 26.8. The van der Waals surface area contributed by atoms with Crippen LogP contribution >= 0.6 is 35.3 Å². The van der Waals surface area contributed by atoms with Gasteiger partial charge in [0.2, 0.25) is 0 Å². The van der Waals surface area contributed by atoms with Gasteiger partial charge in [-0.3, -0.25) is 4.72 Å². The van der Waals surface area contributed by atoms with Gasteiger partial charge in [-0.2, -0.15) is 0 Å². The van der Waals surface area contributed by atoms with E-state index in [9.17, 15) is 0 Å². The van der Waals surface area contributed by atoms with Crippen molar-refractivity contribution in [3.63, 3.8) is 0 Å². The fourth-order valence-electron chi connectivity index (χ4n) is 7.78.